The number of pyridine rings is 2. The Morgan fingerprint density at radius 3 is 2.47 bits per heavy atom. The number of benzene rings is 2. The van der Waals surface area contributed by atoms with Crippen LogP contribution in [0.15, 0.2) is 79.1 Å². The number of hydrogen-bond donors (Lipinski definition) is 2. The van der Waals surface area contributed by atoms with Crippen molar-refractivity contribution >= 4 is 27.8 Å². The van der Waals surface area contributed by atoms with Crippen LogP contribution < -0.4 is 5.32 Å². The average molecular weight is 422 g/mol. The van der Waals surface area contributed by atoms with Gasteiger partial charge in [0, 0.05) is 23.3 Å². The van der Waals surface area contributed by atoms with Crippen LogP contribution in [-0.4, -0.2) is 25.8 Å². The SMILES string of the molecule is CC(C)C(NC(=O)c1cc(-c2cccnc2)nc2ccccc12)c1nc2ccccc2[nH]1. The largest absolute Gasteiger partial charge is 0.342 e. The zero-order valence-corrected chi connectivity index (χ0v) is 17.9. The molecule has 0 saturated heterocycles. The molecular weight excluding hydrogens is 398 g/mol. The lowest BCUT2D eigenvalue weighted by atomic mass is 10.0. The molecule has 0 aliphatic carbocycles. The lowest BCUT2D eigenvalue weighted by Gasteiger charge is -2.21. The summed E-state index contributed by atoms with van der Waals surface area (Å²) in [5.41, 5.74) is 4.77. The molecule has 0 aliphatic heterocycles. The predicted molar refractivity (Wildman–Crippen MR) is 126 cm³/mol. The summed E-state index contributed by atoms with van der Waals surface area (Å²) in [7, 11) is 0. The molecule has 0 radical (unpaired) electrons. The molecule has 1 unspecified atom stereocenters. The predicted octanol–water partition coefficient (Wildman–Crippen LogP) is 5.30. The minimum absolute atomic E-state index is 0.144. The van der Waals surface area contributed by atoms with Gasteiger partial charge >= 0.3 is 0 Å². The molecule has 158 valence electrons. The smallest absolute Gasteiger partial charge is 0.252 e. The maximum Gasteiger partial charge on any atom is 0.252 e. The Balaban J connectivity index is 1.56. The Bertz CT molecular complexity index is 1370. The van der Waals surface area contributed by atoms with Crippen LogP contribution in [0.4, 0.5) is 0 Å². The molecule has 5 aromatic rings. The average Bonchev–Trinajstić information content (AvgIpc) is 3.26. The van der Waals surface area contributed by atoms with Crippen LogP contribution in [0.5, 0.6) is 0 Å². The molecule has 1 amide bonds. The van der Waals surface area contributed by atoms with E-state index in [0.717, 1.165) is 33.3 Å². The van der Waals surface area contributed by atoms with E-state index in [-0.39, 0.29) is 17.9 Å². The van der Waals surface area contributed by atoms with E-state index in [4.69, 9.17) is 9.97 Å². The third kappa shape index (κ3) is 3.71. The van der Waals surface area contributed by atoms with E-state index in [1.807, 2.05) is 66.7 Å². The molecule has 0 fully saturated rings. The van der Waals surface area contributed by atoms with Gasteiger partial charge in [-0.1, -0.05) is 44.2 Å². The van der Waals surface area contributed by atoms with Gasteiger partial charge in [0.15, 0.2) is 0 Å². The topological polar surface area (TPSA) is 83.6 Å². The standard InChI is InChI=1S/C26H23N5O/c1-16(2)24(25-29-21-11-5-6-12-22(21)30-25)31-26(32)19-14-23(17-8-7-13-27-15-17)28-20-10-4-3-9-18(19)20/h3-16,24H,1-2H3,(H,29,30)(H,31,32). The summed E-state index contributed by atoms with van der Waals surface area (Å²) < 4.78 is 0. The molecule has 3 heterocycles. The van der Waals surface area contributed by atoms with Crippen LogP contribution in [0.1, 0.15) is 36.1 Å². The third-order valence-electron chi connectivity index (χ3n) is 5.57. The van der Waals surface area contributed by atoms with Gasteiger partial charge in [-0.05, 0) is 42.3 Å². The van der Waals surface area contributed by atoms with Crippen LogP contribution in [0.2, 0.25) is 0 Å². The van der Waals surface area contributed by atoms with Crippen molar-refractivity contribution in [2.45, 2.75) is 19.9 Å². The van der Waals surface area contributed by atoms with Gasteiger partial charge in [0.25, 0.3) is 5.91 Å². The molecule has 1 atom stereocenters. The Morgan fingerprint density at radius 1 is 0.938 bits per heavy atom. The van der Waals surface area contributed by atoms with Gasteiger partial charge in [-0.3, -0.25) is 9.78 Å². The number of hydrogen-bond acceptors (Lipinski definition) is 4. The first kappa shape index (κ1) is 19.9. The number of nitrogens with zero attached hydrogens (tertiary/aromatic N) is 3. The summed E-state index contributed by atoms with van der Waals surface area (Å²) in [6.07, 6.45) is 3.48. The number of carbonyl (C=O) groups excluding carboxylic acids is 1. The first-order chi connectivity index (χ1) is 15.6. The minimum atomic E-state index is -0.260. The highest BCUT2D eigenvalue weighted by atomic mass is 16.1. The zero-order chi connectivity index (χ0) is 22.1. The lowest BCUT2D eigenvalue weighted by molar-refractivity contribution is 0.0925. The van der Waals surface area contributed by atoms with Crippen molar-refractivity contribution in [2.24, 2.45) is 5.92 Å². The number of rotatable bonds is 5. The molecule has 32 heavy (non-hydrogen) atoms. The van der Waals surface area contributed by atoms with Gasteiger partial charge in [0.2, 0.25) is 0 Å². The summed E-state index contributed by atoms with van der Waals surface area (Å²) >= 11 is 0. The molecule has 0 bridgehead atoms. The van der Waals surface area contributed by atoms with Gasteiger partial charge in [-0.15, -0.1) is 0 Å². The van der Waals surface area contributed by atoms with Crippen molar-refractivity contribution in [1.29, 1.82) is 0 Å². The fourth-order valence-corrected chi connectivity index (χ4v) is 3.91. The highest BCUT2D eigenvalue weighted by molar-refractivity contribution is 6.07. The molecule has 0 saturated carbocycles. The van der Waals surface area contributed by atoms with Gasteiger partial charge in [-0.25, -0.2) is 9.97 Å². The van der Waals surface area contributed by atoms with Crippen LogP contribution >= 0.6 is 0 Å². The van der Waals surface area contributed by atoms with Gasteiger partial charge in [0.05, 0.1) is 33.8 Å². The second-order valence-electron chi connectivity index (χ2n) is 8.15. The number of aromatic amines is 1. The molecule has 2 N–H and O–H groups in total. The molecule has 3 aromatic heterocycles. The normalized spacial score (nSPS) is 12.3. The van der Waals surface area contributed by atoms with Gasteiger partial charge < -0.3 is 10.3 Å². The van der Waals surface area contributed by atoms with Crippen LogP contribution in [0, 0.1) is 5.92 Å². The van der Waals surface area contributed by atoms with Crippen LogP contribution in [0.3, 0.4) is 0 Å². The summed E-state index contributed by atoms with van der Waals surface area (Å²) in [6.45, 7) is 4.15. The van der Waals surface area contributed by atoms with Gasteiger partial charge in [-0.2, -0.15) is 0 Å². The Kier molecular flexibility index (Phi) is 5.11. The number of nitrogens with one attached hydrogen (secondary N) is 2. The van der Waals surface area contributed by atoms with Gasteiger partial charge in [0.1, 0.15) is 5.82 Å². The number of para-hydroxylation sites is 3. The van der Waals surface area contributed by atoms with E-state index in [9.17, 15) is 4.79 Å². The highest BCUT2D eigenvalue weighted by Crippen LogP contribution is 2.27. The number of fused-ring (bicyclic) bond motifs is 2. The molecule has 6 nitrogen and oxygen atoms in total. The number of amides is 1. The fraction of sp³-hybridized carbons (Fsp3) is 0.154. The summed E-state index contributed by atoms with van der Waals surface area (Å²) in [6, 6.07) is 21.0. The maximum absolute atomic E-state index is 13.5. The van der Waals surface area contributed by atoms with E-state index in [0.29, 0.717) is 11.3 Å². The van der Waals surface area contributed by atoms with Crippen LogP contribution in [0.25, 0.3) is 33.2 Å². The molecule has 0 spiro atoms. The van der Waals surface area contributed by atoms with E-state index >= 15 is 0 Å². The number of aromatic nitrogens is 4. The van der Waals surface area contributed by atoms with Crippen molar-refractivity contribution in [3.05, 3.63) is 90.5 Å². The van der Waals surface area contributed by atoms with Crippen molar-refractivity contribution in [2.75, 3.05) is 0 Å². The maximum atomic E-state index is 13.5. The van der Waals surface area contributed by atoms with Crippen molar-refractivity contribution in [1.82, 2.24) is 25.3 Å². The van der Waals surface area contributed by atoms with E-state index in [1.165, 1.54) is 0 Å². The molecule has 2 aromatic carbocycles. The highest BCUT2D eigenvalue weighted by Gasteiger charge is 2.24. The lowest BCUT2D eigenvalue weighted by Crippen LogP contribution is -2.32. The van der Waals surface area contributed by atoms with Crippen molar-refractivity contribution in [3.63, 3.8) is 0 Å². The number of carbonyl (C=O) groups is 1. The van der Waals surface area contributed by atoms with E-state index in [1.54, 1.807) is 12.4 Å². The first-order valence-corrected chi connectivity index (χ1v) is 10.7. The summed E-state index contributed by atoms with van der Waals surface area (Å²) in [5, 5.41) is 4.01. The first-order valence-electron chi connectivity index (χ1n) is 10.7. The number of H-pyrrole nitrogens is 1. The minimum Gasteiger partial charge on any atom is -0.342 e. The second-order valence-corrected chi connectivity index (χ2v) is 8.15. The van der Waals surface area contributed by atoms with Crippen molar-refractivity contribution < 1.29 is 4.79 Å². The Morgan fingerprint density at radius 2 is 1.72 bits per heavy atom. The zero-order valence-electron chi connectivity index (χ0n) is 17.9. The molecular formula is C26H23N5O. The van der Waals surface area contributed by atoms with E-state index < -0.39 is 0 Å². The third-order valence-corrected chi connectivity index (χ3v) is 5.57. The fourth-order valence-electron chi connectivity index (χ4n) is 3.91. The van der Waals surface area contributed by atoms with Crippen LogP contribution in [-0.2, 0) is 0 Å². The second kappa shape index (κ2) is 8.23. The van der Waals surface area contributed by atoms with Crippen molar-refractivity contribution in [3.8, 4) is 11.3 Å². The Hall–Kier alpha value is -4.06. The molecule has 0 aliphatic rings. The summed E-state index contributed by atoms with van der Waals surface area (Å²) in [5.74, 6) is 0.735. The summed E-state index contributed by atoms with van der Waals surface area (Å²) in [4.78, 5) is 30.6. The monoisotopic (exact) mass is 421 g/mol. The van der Waals surface area contributed by atoms with E-state index in [2.05, 4.69) is 29.1 Å². The number of imidazole rings is 1. The molecule has 6 heteroatoms. The quantitative estimate of drug-likeness (QED) is 0.403. The molecule has 5 rings (SSSR count). The Labute approximate surface area is 185 Å².